The van der Waals surface area contributed by atoms with Crippen LogP contribution in [-0.4, -0.2) is 43.6 Å². The van der Waals surface area contributed by atoms with Crippen LogP contribution in [0.5, 0.6) is 5.75 Å². The lowest BCUT2D eigenvalue weighted by Crippen LogP contribution is -2.45. The summed E-state index contributed by atoms with van der Waals surface area (Å²) >= 11 is 0. The molecule has 122 valence electrons. The lowest BCUT2D eigenvalue weighted by molar-refractivity contribution is -0.114. The molecule has 0 spiro atoms. The summed E-state index contributed by atoms with van der Waals surface area (Å²) in [6.45, 7) is 9.40. The maximum Gasteiger partial charge on any atom is 0.221 e. The molecule has 1 aromatic carbocycles. The Balaban J connectivity index is 2.05. The molecule has 1 aromatic rings. The van der Waals surface area contributed by atoms with Crippen LogP contribution < -0.4 is 15.4 Å². The van der Waals surface area contributed by atoms with E-state index in [1.54, 1.807) is 7.11 Å². The molecule has 1 heterocycles. The number of carbonyl (C=O) groups is 1. The van der Waals surface area contributed by atoms with Gasteiger partial charge in [0.2, 0.25) is 5.91 Å². The smallest absolute Gasteiger partial charge is 0.221 e. The minimum atomic E-state index is -0.0976. The molecule has 0 bridgehead atoms. The van der Waals surface area contributed by atoms with Gasteiger partial charge in [-0.05, 0) is 31.0 Å². The highest BCUT2D eigenvalue weighted by Gasteiger charge is 2.25. The van der Waals surface area contributed by atoms with Crippen LogP contribution in [0.15, 0.2) is 18.2 Å². The van der Waals surface area contributed by atoms with Gasteiger partial charge in [-0.3, -0.25) is 4.79 Å². The van der Waals surface area contributed by atoms with E-state index in [9.17, 15) is 4.79 Å². The largest absolute Gasteiger partial charge is 0.494 e. The van der Waals surface area contributed by atoms with E-state index < -0.39 is 0 Å². The van der Waals surface area contributed by atoms with Crippen LogP contribution in [0.4, 0.5) is 11.4 Å². The molecule has 1 amide bonds. The highest BCUT2D eigenvalue weighted by Crippen LogP contribution is 2.29. The van der Waals surface area contributed by atoms with Gasteiger partial charge in [-0.1, -0.05) is 13.8 Å². The molecule has 5 nitrogen and oxygen atoms in total. The van der Waals surface area contributed by atoms with Crippen LogP contribution in [0, 0.1) is 5.92 Å². The van der Waals surface area contributed by atoms with E-state index in [0.717, 1.165) is 31.7 Å². The van der Waals surface area contributed by atoms with Gasteiger partial charge < -0.3 is 20.3 Å². The normalized spacial score (nSPS) is 22.2. The maximum atomic E-state index is 11.2. The number of ether oxygens (including phenoxy) is 1. The number of rotatable bonds is 5. The fourth-order valence-electron chi connectivity index (χ4n) is 3.02. The van der Waals surface area contributed by atoms with Crippen LogP contribution in [0.1, 0.15) is 27.2 Å². The number of nitrogens with zero attached hydrogens (tertiary/aromatic N) is 1. The summed E-state index contributed by atoms with van der Waals surface area (Å²) in [5.41, 5.74) is 1.74. The molecule has 0 saturated carbocycles. The van der Waals surface area contributed by atoms with Crippen molar-refractivity contribution in [3.8, 4) is 5.75 Å². The number of anilines is 2. The molecule has 0 unspecified atom stereocenters. The molecule has 2 atom stereocenters. The lowest BCUT2D eigenvalue weighted by atomic mass is 9.93. The number of likely N-dealkylation sites (tertiary alicyclic amines) is 1. The van der Waals surface area contributed by atoms with Crippen LogP contribution in [0.2, 0.25) is 0 Å². The molecule has 2 N–H and O–H groups in total. The van der Waals surface area contributed by atoms with E-state index in [1.807, 2.05) is 18.2 Å². The second-order valence-corrected chi connectivity index (χ2v) is 6.01. The molecule has 1 saturated heterocycles. The number of hydrogen-bond donors (Lipinski definition) is 2. The zero-order valence-electron chi connectivity index (χ0n) is 14.0. The first-order valence-electron chi connectivity index (χ1n) is 7.98. The highest BCUT2D eigenvalue weighted by molar-refractivity contribution is 5.90. The van der Waals surface area contributed by atoms with Crippen LogP contribution in [-0.2, 0) is 4.79 Å². The van der Waals surface area contributed by atoms with Crippen LogP contribution >= 0.6 is 0 Å². The van der Waals surface area contributed by atoms with Crippen molar-refractivity contribution in [3.05, 3.63) is 18.2 Å². The topological polar surface area (TPSA) is 53.6 Å². The summed E-state index contributed by atoms with van der Waals surface area (Å²) in [5.74, 6) is 1.19. The summed E-state index contributed by atoms with van der Waals surface area (Å²) < 4.78 is 5.37. The van der Waals surface area contributed by atoms with Gasteiger partial charge >= 0.3 is 0 Å². The Morgan fingerprint density at radius 1 is 1.45 bits per heavy atom. The predicted octanol–water partition coefficient (Wildman–Crippen LogP) is 2.80. The molecule has 1 aliphatic heterocycles. The standard InChI is InChI=1S/C17H27N3O2/c1-5-20-9-8-15(12(2)11-20)19-14-6-7-16(18-13(3)21)17(10-14)22-4/h6-7,10,12,15,19H,5,8-9,11H2,1-4H3,(H,18,21)/t12-,15-/m0/s1. The van der Waals surface area contributed by atoms with Gasteiger partial charge in [0.25, 0.3) is 0 Å². The zero-order valence-corrected chi connectivity index (χ0v) is 14.0. The van der Waals surface area contributed by atoms with Crippen molar-refractivity contribution in [1.29, 1.82) is 0 Å². The van der Waals surface area contributed by atoms with Gasteiger partial charge in [0, 0.05) is 37.8 Å². The van der Waals surface area contributed by atoms with Crippen LogP contribution in [0.25, 0.3) is 0 Å². The Morgan fingerprint density at radius 3 is 2.82 bits per heavy atom. The Kier molecular flexibility index (Phi) is 5.66. The summed E-state index contributed by atoms with van der Waals surface area (Å²) in [6.07, 6.45) is 1.14. The molecule has 1 aliphatic rings. The molecule has 0 radical (unpaired) electrons. The number of methoxy groups -OCH3 is 1. The van der Waals surface area contributed by atoms with Crippen molar-refractivity contribution >= 4 is 17.3 Å². The molecule has 0 aromatic heterocycles. The van der Waals surface area contributed by atoms with Crippen molar-refractivity contribution in [2.24, 2.45) is 5.92 Å². The first kappa shape index (κ1) is 16.6. The highest BCUT2D eigenvalue weighted by atomic mass is 16.5. The van der Waals surface area contributed by atoms with Crippen molar-refractivity contribution in [1.82, 2.24) is 4.90 Å². The molecule has 5 heteroatoms. The number of carbonyl (C=O) groups excluding carboxylic acids is 1. The summed E-state index contributed by atoms with van der Waals surface area (Å²) in [6, 6.07) is 6.30. The fraction of sp³-hybridized carbons (Fsp3) is 0.588. The van der Waals surface area contributed by atoms with Gasteiger partial charge in [0.1, 0.15) is 5.75 Å². The Morgan fingerprint density at radius 2 is 2.23 bits per heavy atom. The summed E-state index contributed by atoms with van der Waals surface area (Å²) in [4.78, 5) is 13.7. The third kappa shape index (κ3) is 4.13. The summed E-state index contributed by atoms with van der Waals surface area (Å²) in [7, 11) is 1.62. The lowest BCUT2D eigenvalue weighted by Gasteiger charge is -2.37. The molecule has 0 aliphatic carbocycles. The molecule has 1 fully saturated rings. The summed E-state index contributed by atoms with van der Waals surface area (Å²) in [5, 5.41) is 6.39. The molecular weight excluding hydrogens is 278 g/mol. The predicted molar refractivity (Wildman–Crippen MR) is 90.6 cm³/mol. The average molecular weight is 305 g/mol. The number of benzene rings is 1. The average Bonchev–Trinajstić information content (AvgIpc) is 2.50. The Bertz CT molecular complexity index is 519. The second-order valence-electron chi connectivity index (χ2n) is 6.01. The van der Waals surface area contributed by atoms with Crippen molar-refractivity contribution < 1.29 is 9.53 Å². The van der Waals surface area contributed by atoms with Gasteiger partial charge in [0.05, 0.1) is 12.8 Å². The van der Waals surface area contributed by atoms with E-state index in [-0.39, 0.29) is 5.91 Å². The third-order valence-electron chi connectivity index (χ3n) is 4.30. The van der Waals surface area contributed by atoms with Crippen molar-refractivity contribution in [2.45, 2.75) is 33.2 Å². The Hall–Kier alpha value is -1.75. The quantitative estimate of drug-likeness (QED) is 0.878. The fourth-order valence-corrected chi connectivity index (χ4v) is 3.02. The first-order valence-corrected chi connectivity index (χ1v) is 7.98. The van der Waals surface area contributed by atoms with Gasteiger partial charge in [-0.25, -0.2) is 0 Å². The molecular formula is C17H27N3O2. The number of hydrogen-bond acceptors (Lipinski definition) is 4. The van der Waals surface area contributed by atoms with Crippen molar-refractivity contribution in [3.63, 3.8) is 0 Å². The van der Waals surface area contributed by atoms with Crippen molar-refractivity contribution in [2.75, 3.05) is 37.4 Å². The number of amides is 1. The zero-order chi connectivity index (χ0) is 16.1. The maximum absolute atomic E-state index is 11.2. The van der Waals surface area contributed by atoms with E-state index in [2.05, 4.69) is 29.4 Å². The number of piperidine rings is 1. The monoisotopic (exact) mass is 305 g/mol. The minimum absolute atomic E-state index is 0.0976. The number of nitrogens with one attached hydrogen (secondary N) is 2. The van der Waals surface area contributed by atoms with E-state index >= 15 is 0 Å². The van der Waals surface area contributed by atoms with Gasteiger partial charge in [-0.2, -0.15) is 0 Å². The SMILES string of the molecule is CCN1CC[C@H](Nc2ccc(NC(C)=O)c(OC)c2)[C@@H](C)C1. The van der Waals surface area contributed by atoms with Gasteiger partial charge in [0.15, 0.2) is 0 Å². The minimum Gasteiger partial charge on any atom is -0.494 e. The van der Waals surface area contributed by atoms with Crippen LogP contribution in [0.3, 0.4) is 0 Å². The molecule has 22 heavy (non-hydrogen) atoms. The molecule has 2 rings (SSSR count). The van der Waals surface area contributed by atoms with E-state index in [0.29, 0.717) is 23.4 Å². The van der Waals surface area contributed by atoms with E-state index in [1.165, 1.54) is 6.92 Å². The first-order chi connectivity index (χ1) is 10.5. The third-order valence-corrected chi connectivity index (χ3v) is 4.30. The van der Waals surface area contributed by atoms with Gasteiger partial charge in [-0.15, -0.1) is 0 Å². The Labute approximate surface area is 133 Å². The second kappa shape index (κ2) is 7.49. The van der Waals surface area contributed by atoms with E-state index in [4.69, 9.17) is 4.74 Å².